The molecule has 2 aliphatic rings. The summed E-state index contributed by atoms with van der Waals surface area (Å²) in [6.45, 7) is 1.08. The van der Waals surface area contributed by atoms with Crippen molar-refractivity contribution in [3.63, 3.8) is 0 Å². The molecule has 1 fully saturated rings. The van der Waals surface area contributed by atoms with Crippen molar-refractivity contribution in [3.05, 3.63) is 45.8 Å². The van der Waals surface area contributed by atoms with Crippen LogP contribution in [-0.4, -0.2) is 44.7 Å². The lowest BCUT2D eigenvalue weighted by atomic mass is 10.0. The van der Waals surface area contributed by atoms with Gasteiger partial charge in [-0.2, -0.15) is 4.31 Å². The fourth-order valence-electron chi connectivity index (χ4n) is 4.58. The van der Waals surface area contributed by atoms with Gasteiger partial charge in [-0.25, -0.2) is 8.42 Å². The molecule has 0 unspecified atom stereocenters. The third kappa shape index (κ3) is 5.15. The Morgan fingerprint density at radius 3 is 2.18 bits per heavy atom. The zero-order chi connectivity index (χ0) is 23.4. The maximum atomic E-state index is 13.0. The smallest absolute Gasteiger partial charge is 0.256 e. The average molecular weight is 490 g/mol. The van der Waals surface area contributed by atoms with Crippen molar-refractivity contribution in [2.75, 3.05) is 25.5 Å². The summed E-state index contributed by atoms with van der Waals surface area (Å²) in [6, 6.07) is 6.08. The number of sulfonamides is 1. The predicted octanol–water partition coefficient (Wildman–Crippen LogP) is 4.19. The van der Waals surface area contributed by atoms with Gasteiger partial charge in [-0.05, 0) is 68.4 Å². The number of hydrogen-bond acceptors (Lipinski definition) is 5. The van der Waals surface area contributed by atoms with Gasteiger partial charge in [0, 0.05) is 30.6 Å². The summed E-state index contributed by atoms with van der Waals surface area (Å²) in [5.41, 5.74) is 1.97. The highest BCUT2D eigenvalue weighted by Gasteiger charge is 2.27. The molecule has 2 N–H and O–H groups in total. The topological polar surface area (TPSA) is 95.6 Å². The van der Waals surface area contributed by atoms with Crippen LogP contribution in [0.1, 0.15) is 76.1 Å². The highest BCUT2D eigenvalue weighted by molar-refractivity contribution is 7.89. The Morgan fingerprint density at radius 1 is 0.879 bits per heavy atom. The van der Waals surface area contributed by atoms with Crippen LogP contribution in [0.3, 0.4) is 0 Å². The van der Waals surface area contributed by atoms with Crippen LogP contribution in [0.4, 0.5) is 5.00 Å². The van der Waals surface area contributed by atoms with Gasteiger partial charge in [0.25, 0.3) is 11.8 Å². The largest absolute Gasteiger partial charge is 0.355 e. The van der Waals surface area contributed by atoms with E-state index in [9.17, 15) is 18.0 Å². The summed E-state index contributed by atoms with van der Waals surface area (Å²) in [4.78, 5) is 26.9. The summed E-state index contributed by atoms with van der Waals surface area (Å²) >= 11 is 1.47. The fraction of sp³-hybridized carbons (Fsp3) is 0.500. The molecular weight excluding hydrogens is 458 g/mol. The minimum absolute atomic E-state index is 0.191. The molecule has 0 radical (unpaired) electrons. The Balaban J connectivity index is 1.54. The van der Waals surface area contributed by atoms with Crippen molar-refractivity contribution in [2.45, 2.75) is 62.7 Å². The van der Waals surface area contributed by atoms with Gasteiger partial charge in [-0.1, -0.05) is 19.3 Å². The molecule has 2 amide bonds. The van der Waals surface area contributed by atoms with Crippen LogP contribution < -0.4 is 10.6 Å². The molecule has 0 saturated carbocycles. The Hall–Kier alpha value is -2.23. The number of nitrogens with zero attached hydrogens (tertiary/aromatic N) is 1. The van der Waals surface area contributed by atoms with Gasteiger partial charge < -0.3 is 10.6 Å². The molecule has 9 heteroatoms. The molecule has 1 aromatic carbocycles. The molecule has 33 heavy (non-hydrogen) atoms. The number of aryl methyl sites for hydroxylation is 1. The monoisotopic (exact) mass is 489 g/mol. The molecule has 2 aromatic rings. The van der Waals surface area contributed by atoms with E-state index in [-0.39, 0.29) is 16.7 Å². The Labute approximate surface area is 199 Å². The van der Waals surface area contributed by atoms with Crippen molar-refractivity contribution in [1.82, 2.24) is 9.62 Å². The molecule has 1 saturated heterocycles. The maximum Gasteiger partial charge on any atom is 0.256 e. The Bertz CT molecular complexity index is 1120. The number of benzene rings is 1. The van der Waals surface area contributed by atoms with Crippen molar-refractivity contribution >= 4 is 38.2 Å². The molecule has 4 rings (SSSR count). The summed E-state index contributed by atoms with van der Waals surface area (Å²) in [7, 11) is -1.97. The summed E-state index contributed by atoms with van der Waals surface area (Å²) in [5.74, 6) is -0.543. The van der Waals surface area contributed by atoms with Crippen LogP contribution in [-0.2, 0) is 22.9 Å². The molecule has 2 heterocycles. The molecule has 1 aromatic heterocycles. The first-order valence-corrected chi connectivity index (χ1v) is 14.0. The van der Waals surface area contributed by atoms with E-state index in [1.807, 2.05) is 0 Å². The minimum Gasteiger partial charge on any atom is -0.355 e. The molecule has 0 bridgehead atoms. The molecule has 178 valence electrons. The number of rotatable bonds is 5. The number of carbonyl (C=O) groups is 2. The number of nitrogens with one attached hydrogen (secondary N) is 2. The lowest BCUT2D eigenvalue weighted by molar-refractivity contribution is 0.0963. The zero-order valence-corrected chi connectivity index (χ0v) is 20.6. The van der Waals surface area contributed by atoms with Crippen LogP contribution >= 0.6 is 11.3 Å². The van der Waals surface area contributed by atoms with Crippen LogP contribution in [0.25, 0.3) is 0 Å². The molecule has 7 nitrogen and oxygen atoms in total. The van der Waals surface area contributed by atoms with Gasteiger partial charge in [0.2, 0.25) is 10.0 Å². The molecule has 0 atom stereocenters. The number of thiophene rings is 1. The van der Waals surface area contributed by atoms with Gasteiger partial charge in [-0.3, -0.25) is 9.59 Å². The van der Waals surface area contributed by atoms with Crippen molar-refractivity contribution in [3.8, 4) is 0 Å². The zero-order valence-electron chi connectivity index (χ0n) is 19.0. The van der Waals surface area contributed by atoms with E-state index in [0.29, 0.717) is 29.2 Å². The van der Waals surface area contributed by atoms with E-state index in [2.05, 4.69) is 10.6 Å². The highest BCUT2D eigenvalue weighted by Crippen LogP contribution is 2.37. The summed E-state index contributed by atoms with van der Waals surface area (Å²) in [6.07, 6.45) is 8.87. The number of amides is 2. The van der Waals surface area contributed by atoms with Gasteiger partial charge in [0.15, 0.2) is 0 Å². The highest BCUT2D eigenvalue weighted by atomic mass is 32.2. The maximum absolute atomic E-state index is 13.0. The lowest BCUT2D eigenvalue weighted by Crippen LogP contribution is -2.31. The van der Waals surface area contributed by atoms with E-state index >= 15 is 0 Å². The third-order valence-corrected chi connectivity index (χ3v) is 9.54. The standard InChI is InChI=1S/C24H31N3O4S2/c1-25-23(29)21-19-9-5-4-6-10-20(19)32-24(21)26-22(28)17-11-13-18(14-12-17)33(30,31)27-15-7-2-3-8-16-27/h11-14H,2-10,15-16H2,1H3,(H,25,29)(H,26,28). The van der Waals surface area contributed by atoms with Crippen LogP contribution in [0.5, 0.6) is 0 Å². The first-order valence-electron chi connectivity index (χ1n) is 11.7. The second kappa shape index (κ2) is 10.4. The third-order valence-electron chi connectivity index (χ3n) is 6.42. The predicted molar refractivity (Wildman–Crippen MR) is 131 cm³/mol. The van der Waals surface area contributed by atoms with Crippen molar-refractivity contribution in [2.24, 2.45) is 0 Å². The molecular formula is C24H31N3O4S2. The van der Waals surface area contributed by atoms with E-state index < -0.39 is 10.0 Å². The van der Waals surface area contributed by atoms with E-state index in [1.165, 1.54) is 40.5 Å². The second-order valence-corrected chi connectivity index (χ2v) is 11.7. The number of fused-ring (bicyclic) bond motifs is 1. The number of carbonyl (C=O) groups excluding carboxylic acids is 2. The van der Waals surface area contributed by atoms with Gasteiger partial charge in [0.1, 0.15) is 5.00 Å². The Morgan fingerprint density at radius 2 is 1.52 bits per heavy atom. The average Bonchev–Trinajstić information content (AvgIpc) is 3.04. The SMILES string of the molecule is CNC(=O)c1c(NC(=O)c2ccc(S(=O)(=O)N3CCCCCC3)cc2)sc2c1CCCCC2. The van der Waals surface area contributed by atoms with Crippen molar-refractivity contribution < 1.29 is 18.0 Å². The molecule has 1 aliphatic heterocycles. The van der Waals surface area contributed by atoms with Crippen LogP contribution in [0.2, 0.25) is 0 Å². The van der Waals surface area contributed by atoms with Crippen LogP contribution in [0, 0.1) is 0 Å². The molecule has 0 spiro atoms. The normalized spacial score (nSPS) is 17.5. The molecule has 1 aliphatic carbocycles. The van der Waals surface area contributed by atoms with E-state index in [0.717, 1.165) is 63.4 Å². The first-order chi connectivity index (χ1) is 15.9. The Kier molecular flexibility index (Phi) is 7.51. The van der Waals surface area contributed by atoms with E-state index in [4.69, 9.17) is 0 Å². The lowest BCUT2D eigenvalue weighted by Gasteiger charge is -2.20. The first kappa shape index (κ1) is 23.9. The van der Waals surface area contributed by atoms with Crippen molar-refractivity contribution in [1.29, 1.82) is 0 Å². The van der Waals surface area contributed by atoms with Gasteiger partial charge in [-0.15, -0.1) is 11.3 Å². The number of hydrogen-bond donors (Lipinski definition) is 2. The second-order valence-electron chi connectivity index (χ2n) is 8.64. The van der Waals surface area contributed by atoms with Gasteiger partial charge >= 0.3 is 0 Å². The van der Waals surface area contributed by atoms with Gasteiger partial charge in [0.05, 0.1) is 10.5 Å². The number of anilines is 1. The quantitative estimate of drug-likeness (QED) is 0.616. The minimum atomic E-state index is -3.56. The van der Waals surface area contributed by atoms with E-state index in [1.54, 1.807) is 11.4 Å². The fourth-order valence-corrected chi connectivity index (χ4v) is 7.38. The summed E-state index contributed by atoms with van der Waals surface area (Å²) in [5, 5.41) is 6.17. The summed E-state index contributed by atoms with van der Waals surface area (Å²) < 4.78 is 27.5. The van der Waals surface area contributed by atoms with Crippen LogP contribution in [0.15, 0.2) is 29.2 Å².